The number of nitrogens with zero attached hydrogens (tertiary/aromatic N) is 1. The lowest BCUT2D eigenvalue weighted by Crippen LogP contribution is -2.62. The Balaban J connectivity index is 1.99. The molecule has 0 saturated carbocycles. The molecule has 1 aliphatic heterocycles. The van der Waals surface area contributed by atoms with Crippen LogP contribution in [0.1, 0.15) is 20.8 Å². The number of nitrogens with one attached hydrogen (secondary N) is 2. The van der Waals surface area contributed by atoms with Crippen molar-refractivity contribution in [1.82, 2.24) is 9.66 Å². The van der Waals surface area contributed by atoms with Crippen LogP contribution in [0.25, 0.3) is 10.9 Å². The van der Waals surface area contributed by atoms with Gasteiger partial charge in [-0.3, -0.25) is 24.6 Å². The van der Waals surface area contributed by atoms with Gasteiger partial charge in [0.05, 0.1) is 17.5 Å². The van der Waals surface area contributed by atoms with E-state index in [4.69, 9.17) is 18.9 Å². The normalized spacial score (nSPS) is 23.1. The zero-order chi connectivity index (χ0) is 22.7. The molecular weight excluding hydrogens is 414 g/mol. The molecule has 1 saturated heterocycles. The minimum absolute atomic E-state index is 0.226. The fraction of sp³-hybridized carbons (Fsp3) is 0.421. The molecule has 4 atom stereocenters. The summed E-state index contributed by atoms with van der Waals surface area (Å²) in [6.45, 7) is 3.15. The second-order valence-electron chi connectivity index (χ2n) is 6.80. The molecule has 1 fully saturated rings. The predicted octanol–water partition coefficient (Wildman–Crippen LogP) is -0.615. The number of aromatic nitrogens is 2. The fourth-order valence-corrected chi connectivity index (χ4v) is 3.26. The van der Waals surface area contributed by atoms with E-state index in [2.05, 4.69) is 10.4 Å². The van der Waals surface area contributed by atoms with E-state index in [1.165, 1.54) is 6.07 Å². The van der Waals surface area contributed by atoms with Crippen LogP contribution < -0.4 is 16.7 Å². The van der Waals surface area contributed by atoms with E-state index in [-0.39, 0.29) is 12.0 Å². The molecule has 0 aliphatic carbocycles. The Labute approximate surface area is 175 Å². The number of esters is 3. The van der Waals surface area contributed by atoms with Crippen LogP contribution in [-0.2, 0) is 33.3 Å². The molecule has 0 unspecified atom stereocenters. The van der Waals surface area contributed by atoms with Crippen molar-refractivity contribution in [2.45, 2.75) is 45.3 Å². The summed E-state index contributed by atoms with van der Waals surface area (Å²) in [7, 11) is 0. The molecule has 0 bridgehead atoms. The summed E-state index contributed by atoms with van der Waals surface area (Å²) in [5, 5.41) is 0.226. The molecule has 2 N–H and O–H groups in total. The van der Waals surface area contributed by atoms with E-state index in [0.29, 0.717) is 10.2 Å². The average Bonchev–Trinajstić information content (AvgIpc) is 2.68. The Kier molecular flexibility index (Phi) is 6.39. The first-order valence-corrected chi connectivity index (χ1v) is 9.31. The number of carbonyl (C=O) groups is 3. The SMILES string of the molecule is CC(=O)O[C@H]1[C@H](OC(C)=O)[C@H](OC(C)=O)CO[C@H]1Nn1c(=O)[nH]c2ccccc2c1=O. The number of hydrogen-bond acceptors (Lipinski definition) is 10. The molecule has 31 heavy (non-hydrogen) atoms. The number of benzene rings is 1. The molecule has 2 heterocycles. The lowest BCUT2D eigenvalue weighted by molar-refractivity contribution is -0.223. The van der Waals surface area contributed by atoms with E-state index in [0.717, 1.165) is 20.8 Å². The monoisotopic (exact) mass is 435 g/mol. The quantitative estimate of drug-likeness (QED) is 0.459. The van der Waals surface area contributed by atoms with Crippen LogP contribution in [0.3, 0.4) is 0 Å². The summed E-state index contributed by atoms with van der Waals surface area (Å²) in [6.07, 6.45) is -4.93. The van der Waals surface area contributed by atoms with E-state index < -0.39 is 53.7 Å². The highest BCUT2D eigenvalue weighted by Crippen LogP contribution is 2.23. The minimum atomic E-state index is -1.34. The van der Waals surface area contributed by atoms with Gasteiger partial charge in [-0.15, -0.1) is 0 Å². The lowest BCUT2D eigenvalue weighted by Gasteiger charge is -2.40. The maximum Gasteiger partial charge on any atom is 0.347 e. The van der Waals surface area contributed by atoms with Crippen LogP contribution in [0, 0.1) is 0 Å². The highest BCUT2D eigenvalue weighted by molar-refractivity contribution is 5.77. The molecular formula is C19H21N3O9. The van der Waals surface area contributed by atoms with Gasteiger partial charge < -0.3 is 23.9 Å². The third-order valence-corrected chi connectivity index (χ3v) is 4.41. The van der Waals surface area contributed by atoms with Crippen LogP contribution in [0.2, 0.25) is 0 Å². The molecule has 2 aromatic rings. The molecule has 0 amide bonds. The fourth-order valence-electron chi connectivity index (χ4n) is 3.26. The number of rotatable bonds is 5. The Morgan fingerprint density at radius 3 is 2.26 bits per heavy atom. The van der Waals surface area contributed by atoms with Crippen molar-refractivity contribution < 1.29 is 33.3 Å². The second kappa shape index (κ2) is 9.00. The zero-order valence-corrected chi connectivity index (χ0v) is 16.9. The van der Waals surface area contributed by atoms with Crippen molar-refractivity contribution in [3.63, 3.8) is 0 Å². The van der Waals surface area contributed by atoms with Crippen molar-refractivity contribution in [1.29, 1.82) is 0 Å². The largest absolute Gasteiger partial charge is 0.456 e. The van der Waals surface area contributed by atoms with Crippen molar-refractivity contribution in [2.75, 3.05) is 12.0 Å². The van der Waals surface area contributed by atoms with Gasteiger partial charge in [-0.2, -0.15) is 4.68 Å². The smallest absolute Gasteiger partial charge is 0.347 e. The third-order valence-electron chi connectivity index (χ3n) is 4.41. The van der Waals surface area contributed by atoms with Gasteiger partial charge in [0.1, 0.15) is 0 Å². The molecule has 12 heteroatoms. The highest BCUT2D eigenvalue weighted by atomic mass is 16.6. The number of fused-ring (bicyclic) bond motifs is 1. The van der Waals surface area contributed by atoms with Crippen LogP contribution in [0.5, 0.6) is 0 Å². The van der Waals surface area contributed by atoms with Crippen molar-refractivity contribution in [2.24, 2.45) is 0 Å². The van der Waals surface area contributed by atoms with Gasteiger partial charge in [0.15, 0.2) is 24.5 Å². The highest BCUT2D eigenvalue weighted by Gasteiger charge is 2.47. The van der Waals surface area contributed by atoms with Crippen LogP contribution in [-0.4, -0.2) is 58.7 Å². The molecule has 0 radical (unpaired) electrons. The van der Waals surface area contributed by atoms with Crippen LogP contribution >= 0.6 is 0 Å². The van der Waals surface area contributed by atoms with Crippen LogP contribution in [0.4, 0.5) is 0 Å². The maximum atomic E-state index is 12.8. The van der Waals surface area contributed by atoms with E-state index in [1.807, 2.05) is 0 Å². The summed E-state index contributed by atoms with van der Waals surface area (Å²) < 4.78 is 21.8. The number of para-hydroxylation sites is 1. The number of H-pyrrole nitrogens is 1. The summed E-state index contributed by atoms with van der Waals surface area (Å²) in [5.74, 6) is -2.14. The standard InChI is InChI=1S/C19H21N3O9/c1-9(23)29-14-8-28-17(16(31-11(3)25)15(14)30-10(2)24)21-22-18(26)12-6-4-5-7-13(12)20-19(22)27/h4-7,14-17,21H,8H2,1-3H3,(H,20,27)/t14-,15-,16+,17-/m1/s1. The maximum absolute atomic E-state index is 12.8. The van der Waals surface area contributed by atoms with Gasteiger partial charge in [-0.05, 0) is 12.1 Å². The summed E-state index contributed by atoms with van der Waals surface area (Å²) in [5.41, 5.74) is 1.45. The minimum Gasteiger partial charge on any atom is -0.456 e. The van der Waals surface area contributed by atoms with Gasteiger partial charge >= 0.3 is 23.6 Å². The molecule has 166 valence electrons. The summed E-state index contributed by atoms with van der Waals surface area (Å²) in [6, 6.07) is 6.39. The average molecular weight is 435 g/mol. The molecule has 3 rings (SSSR count). The van der Waals surface area contributed by atoms with Crippen molar-refractivity contribution >= 4 is 28.8 Å². The topological polar surface area (TPSA) is 155 Å². The molecule has 1 aromatic carbocycles. The second-order valence-corrected chi connectivity index (χ2v) is 6.80. The Bertz CT molecular complexity index is 1120. The lowest BCUT2D eigenvalue weighted by atomic mass is 10.0. The Morgan fingerprint density at radius 1 is 1.00 bits per heavy atom. The van der Waals surface area contributed by atoms with Gasteiger partial charge in [0.2, 0.25) is 0 Å². The van der Waals surface area contributed by atoms with Gasteiger partial charge in [-0.25, -0.2) is 4.79 Å². The summed E-state index contributed by atoms with van der Waals surface area (Å²) in [4.78, 5) is 62.5. The molecule has 1 aromatic heterocycles. The Morgan fingerprint density at radius 2 is 1.61 bits per heavy atom. The molecule has 1 aliphatic rings. The first-order chi connectivity index (χ1) is 14.7. The van der Waals surface area contributed by atoms with Gasteiger partial charge in [0, 0.05) is 20.8 Å². The number of ether oxygens (including phenoxy) is 4. The molecule has 0 spiro atoms. The van der Waals surface area contributed by atoms with Gasteiger partial charge in [0.25, 0.3) is 5.56 Å². The zero-order valence-electron chi connectivity index (χ0n) is 16.9. The van der Waals surface area contributed by atoms with Gasteiger partial charge in [-0.1, -0.05) is 12.1 Å². The first kappa shape index (κ1) is 22.0. The predicted molar refractivity (Wildman–Crippen MR) is 105 cm³/mol. The Hall–Kier alpha value is -3.67. The number of aromatic amines is 1. The number of carbonyl (C=O) groups excluding carboxylic acids is 3. The van der Waals surface area contributed by atoms with Crippen molar-refractivity contribution in [3.05, 3.63) is 45.1 Å². The summed E-state index contributed by atoms with van der Waals surface area (Å²) >= 11 is 0. The van der Waals surface area contributed by atoms with Crippen molar-refractivity contribution in [3.8, 4) is 0 Å². The van der Waals surface area contributed by atoms with Crippen LogP contribution in [0.15, 0.2) is 33.9 Å². The third kappa shape index (κ3) is 4.91. The molecule has 12 nitrogen and oxygen atoms in total. The number of hydrogen-bond donors (Lipinski definition) is 2. The van der Waals surface area contributed by atoms with E-state index >= 15 is 0 Å². The first-order valence-electron chi connectivity index (χ1n) is 9.31. The van der Waals surface area contributed by atoms with E-state index in [1.54, 1.807) is 18.2 Å². The van der Waals surface area contributed by atoms with E-state index in [9.17, 15) is 24.0 Å².